The van der Waals surface area contributed by atoms with E-state index in [1.54, 1.807) is 26.0 Å². The number of amides is 2. The van der Waals surface area contributed by atoms with Gasteiger partial charge in [0.15, 0.2) is 5.76 Å². The highest BCUT2D eigenvalue weighted by Crippen LogP contribution is 2.31. The van der Waals surface area contributed by atoms with Crippen LogP contribution < -0.4 is 10.6 Å². The average molecular weight is 532 g/mol. The number of carboxylic acids is 1. The zero-order valence-electron chi connectivity index (χ0n) is 21.2. The van der Waals surface area contributed by atoms with Crippen LogP contribution in [0.15, 0.2) is 83.4 Å². The fourth-order valence-electron chi connectivity index (χ4n) is 3.87. The summed E-state index contributed by atoms with van der Waals surface area (Å²) in [6.07, 6.45) is -1.17. The van der Waals surface area contributed by atoms with Crippen LogP contribution in [0.1, 0.15) is 40.2 Å². The summed E-state index contributed by atoms with van der Waals surface area (Å²) in [6.45, 7) is 3.42. The van der Waals surface area contributed by atoms with Gasteiger partial charge in [-0.25, -0.2) is 14.0 Å². The summed E-state index contributed by atoms with van der Waals surface area (Å²) in [4.78, 5) is 37.0. The maximum absolute atomic E-state index is 13.1. The lowest BCUT2D eigenvalue weighted by Crippen LogP contribution is -2.42. The molecule has 0 bridgehead atoms. The number of aromatic nitrogens is 1. The molecule has 0 spiro atoms. The van der Waals surface area contributed by atoms with Gasteiger partial charge in [0.25, 0.3) is 5.91 Å². The van der Waals surface area contributed by atoms with Crippen LogP contribution in [0.5, 0.6) is 0 Å². The smallest absolute Gasteiger partial charge is 0.412 e. The number of hydrogen-bond acceptors (Lipinski definition) is 6. The Labute approximate surface area is 223 Å². The van der Waals surface area contributed by atoms with Crippen molar-refractivity contribution in [1.82, 2.24) is 10.5 Å². The number of hydrogen-bond donors (Lipinski definition) is 3. The van der Waals surface area contributed by atoms with E-state index < -0.39 is 35.9 Å². The first-order valence-electron chi connectivity index (χ1n) is 12.1. The molecule has 0 saturated carbocycles. The Hall–Kier alpha value is -4.99. The topological polar surface area (TPSA) is 131 Å². The first-order valence-corrected chi connectivity index (χ1v) is 12.1. The molecule has 0 saturated heterocycles. The molecule has 2 unspecified atom stereocenters. The number of halogens is 1. The van der Waals surface area contributed by atoms with Gasteiger partial charge in [0.05, 0.1) is 0 Å². The van der Waals surface area contributed by atoms with E-state index in [1.165, 1.54) is 36.4 Å². The van der Waals surface area contributed by atoms with Gasteiger partial charge in [-0.1, -0.05) is 59.8 Å². The van der Waals surface area contributed by atoms with Crippen LogP contribution in [0.2, 0.25) is 0 Å². The highest BCUT2D eigenvalue weighted by molar-refractivity contribution is 5.97. The quantitative estimate of drug-likeness (QED) is 0.259. The zero-order chi connectivity index (χ0) is 27.9. The molecule has 10 heteroatoms. The van der Waals surface area contributed by atoms with Crippen molar-refractivity contribution in [1.29, 1.82) is 0 Å². The molecular weight excluding hydrogens is 505 g/mol. The van der Waals surface area contributed by atoms with Crippen LogP contribution in [0.3, 0.4) is 0 Å². The molecule has 0 aliphatic rings. The Bertz CT molecular complexity index is 1450. The second kappa shape index (κ2) is 12.0. The maximum Gasteiger partial charge on any atom is 0.412 e. The maximum atomic E-state index is 13.1. The van der Waals surface area contributed by atoms with Crippen molar-refractivity contribution in [2.45, 2.75) is 32.4 Å². The number of nitrogens with zero attached hydrogens (tertiary/aromatic N) is 1. The third-order valence-electron chi connectivity index (χ3n) is 6.01. The van der Waals surface area contributed by atoms with Gasteiger partial charge in [0.1, 0.15) is 29.3 Å². The number of carbonyl (C=O) groups is 3. The number of aryl methyl sites for hydroxylation is 1. The molecule has 4 aromatic rings. The second-order valence-electron chi connectivity index (χ2n) is 8.83. The van der Waals surface area contributed by atoms with Crippen molar-refractivity contribution < 1.29 is 33.1 Å². The molecule has 9 nitrogen and oxygen atoms in total. The highest BCUT2D eigenvalue weighted by Gasteiger charge is 2.23. The standard InChI is InChI=1S/C29H26FN3O6/c1-17-25(32-29(37)38-18(2)20-6-4-3-5-7-20)26(39-33-17)21-10-12-22(13-11-21)27(34)31-24(28(35)36)16-19-8-14-23(30)15-9-19/h3-15,18,24H,16H2,1-2H3,(H,31,34)(H,32,37)(H,35,36). The first-order chi connectivity index (χ1) is 18.7. The number of aliphatic carboxylic acids is 1. The fourth-order valence-corrected chi connectivity index (χ4v) is 3.87. The third kappa shape index (κ3) is 6.86. The van der Waals surface area contributed by atoms with Crippen molar-refractivity contribution in [2.24, 2.45) is 0 Å². The van der Waals surface area contributed by atoms with E-state index in [9.17, 15) is 23.9 Å². The predicted molar refractivity (Wildman–Crippen MR) is 141 cm³/mol. The summed E-state index contributed by atoms with van der Waals surface area (Å²) >= 11 is 0. The molecule has 0 fully saturated rings. The van der Waals surface area contributed by atoms with E-state index in [4.69, 9.17) is 9.26 Å². The summed E-state index contributed by atoms with van der Waals surface area (Å²) < 4.78 is 24.0. The Kier molecular flexibility index (Phi) is 8.35. The van der Waals surface area contributed by atoms with E-state index in [-0.39, 0.29) is 17.7 Å². The number of nitrogens with one attached hydrogen (secondary N) is 2. The lowest BCUT2D eigenvalue weighted by molar-refractivity contribution is -0.139. The van der Waals surface area contributed by atoms with Crippen molar-refractivity contribution in [3.8, 4) is 11.3 Å². The number of carboxylic acid groups (broad SMARTS) is 1. The number of anilines is 1. The van der Waals surface area contributed by atoms with E-state index >= 15 is 0 Å². The highest BCUT2D eigenvalue weighted by atomic mass is 19.1. The zero-order valence-corrected chi connectivity index (χ0v) is 21.2. The normalized spacial score (nSPS) is 12.3. The van der Waals surface area contributed by atoms with Crippen LogP contribution in [-0.2, 0) is 16.0 Å². The molecular formula is C29H26FN3O6. The molecule has 2 amide bonds. The largest absolute Gasteiger partial charge is 0.480 e. The van der Waals surface area contributed by atoms with Crippen molar-refractivity contribution >= 4 is 23.7 Å². The lowest BCUT2D eigenvalue weighted by Gasteiger charge is -2.15. The minimum absolute atomic E-state index is 0.00913. The van der Waals surface area contributed by atoms with Gasteiger partial charge >= 0.3 is 12.1 Å². The van der Waals surface area contributed by atoms with E-state index in [2.05, 4.69) is 15.8 Å². The van der Waals surface area contributed by atoms with E-state index in [1.807, 2.05) is 30.3 Å². The number of benzene rings is 3. The van der Waals surface area contributed by atoms with Gasteiger partial charge in [0, 0.05) is 17.5 Å². The van der Waals surface area contributed by atoms with Crippen LogP contribution in [0.25, 0.3) is 11.3 Å². The Morgan fingerprint density at radius 3 is 2.31 bits per heavy atom. The van der Waals surface area contributed by atoms with Crippen molar-refractivity contribution in [3.63, 3.8) is 0 Å². The van der Waals surface area contributed by atoms with Crippen molar-refractivity contribution in [2.75, 3.05) is 5.32 Å². The van der Waals surface area contributed by atoms with E-state index in [0.717, 1.165) is 5.56 Å². The van der Waals surface area contributed by atoms with Gasteiger partial charge in [0.2, 0.25) is 0 Å². The molecule has 3 N–H and O–H groups in total. The molecule has 1 aromatic heterocycles. The van der Waals surface area contributed by atoms with E-state index in [0.29, 0.717) is 22.5 Å². The van der Waals surface area contributed by atoms with Crippen molar-refractivity contribution in [3.05, 3.63) is 107 Å². The van der Waals surface area contributed by atoms with Crippen LogP contribution in [0, 0.1) is 12.7 Å². The fraction of sp³-hybridized carbons (Fsp3) is 0.172. The SMILES string of the molecule is Cc1noc(-c2ccc(C(=O)NC(Cc3ccc(F)cc3)C(=O)O)cc2)c1NC(=O)OC(C)c1ccccc1. The lowest BCUT2D eigenvalue weighted by atomic mass is 10.0. The van der Waals surface area contributed by atoms with Gasteiger partial charge in [-0.05, 0) is 49.2 Å². The summed E-state index contributed by atoms with van der Waals surface area (Å²) in [6, 6.07) is 19.7. The number of ether oxygens (including phenoxy) is 1. The predicted octanol–water partition coefficient (Wildman–Crippen LogP) is 5.52. The Morgan fingerprint density at radius 2 is 1.67 bits per heavy atom. The first kappa shape index (κ1) is 27.1. The summed E-state index contributed by atoms with van der Waals surface area (Å²) in [7, 11) is 0. The molecule has 0 radical (unpaired) electrons. The van der Waals surface area contributed by atoms with Crippen LogP contribution >= 0.6 is 0 Å². The van der Waals surface area contributed by atoms with Gasteiger partial charge in [-0.3, -0.25) is 10.1 Å². The average Bonchev–Trinajstić information content (AvgIpc) is 3.29. The Morgan fingerprint density at radius 1 is 1.00 bits per heavy atom. The molecule has 4 rings (SSSR count). The number of rotatable bonds is 9. The molecule has 0 aliphatic carbocycles. The monoisotopic (exact) mass is 531 g/mol. The molecule has 3 aromatic carbocycles. The minimum atomic E-state index is -1.22. The molecule has 39 heavy (non-hydrogen) atoms. The second-order valence-corrected chi connectivity index (χ2v) is 8.83. The minimum Gasteiger partial charge on any atom is -0.480 e. The van der Waals surface area contributed by atoms with Crippen LogP contribution in [0.4, 0.5) is 14.9 Å². The molecule has 200 valence electrons. The summed E-state index contributed by atoms with van der Waals surface area (Å²) in [5.41, 5.74) is 2.90. The Balaban J connectivity index is 1.43. The molecule has 0 aliphatic heterocycles. The van der Waals surface area contributed by atoms with Gasteiger partial charge < -0.3 is 19.7 Å². The summed E-state index contributed by atoms with van der Waals surface area (Å²) in [5.74, 6) is -1.98. The van der Waals surface area contributed by atoms with Crippen LogP contribution in [-0.4, -0.2) is 34.3 Å². The third-order valence-corrected chi connectivity index (χ3v) is 6.01. The van der Waals surface area contributed by atoms with Gasteiger partial charge in [-0.15, -0.1) is 0 Å². The molecule has 1 heterocycles. The number of carbonyl (C=O) groups excluding carboxylic acids is 2. The van der Waals surface area contributed by atoms with Gasteiger partial charge in [-0.2, -0.15) is 0 Å². The summed E-state index contributed by atoms with van der Waals surface area (Å²) in [5, 5.41) is 18.6. The molecule has 2 atom stereocenters.